The normalized spacial score (nSPS) is 10.9. The van der Waals surface area contributed by atoms with Crippen molar-refractivity contribution >= 4 is 17.7 Å². The van der Waals surface area contributed by atoms with E-state index in [-0.39, 0.29) is 0 Å². The van der Waals surface area contributed by atoms with Crippen molar-refractivity contribution in [3.05, 3.63) is 17.3 Å². The summed E-state index contributed by atoms with van der Waals surface area (Å²) < 4.78 is 1.79. The lowest BCUT2D eigenvalue weighted by molar-refractivity contribution is -0.131. The minimum Gasteiger partial charge on any atom is -0.478 e. The van der Waals surface area contributed by atoms with Crippen LogP contribution in [0.1, 0.15) is 5.82 Å². The SMILES string of the molecule is Cc1nnc(S/C=C/C(=O)O)n1C. The van der Waals surface area contributed by atoms with Gasteiger partial charge < -0.3 is 9.67 Å². The van der Waals surface area contributed by atoms with Gasteiger partial charge in [0, 0.05) is 13.1 Å². The highest BCUT2D eigenvalue weighted by molar-refractivity contribution is 8.02. The fourth-order valence-electron chi connectivity index (χ4n) is 0.643. The van der Waals surface area contributed by atoms with Crippen molar-refractivity contribution in [2.24, 2.45) is 7.05 Å². The summed E-state index contributed by atoms with van der Waals surface area (Å²) in [6.45, 7) is 1.83. The van der Waals surface area contributed by atoms with Crippen LogP contribution in [0.15, 0.2) is 16.6 Å². The van der Waals surface area contributed by atoms with Gasteiger partial charge in [-0.2, -0.15) is 0 Å². The standard InChI is InChI=1S/C7H9N3O2S/c1-5-8-9-7(10(5)2)13-4-3-6(11)12/h3-4H,1-2H3,(H,11,12)/b4-3+. The molecule has 0 atom stereocenters. The summed E-state index contributed by atoms with van der Waals surface area (Å²) >= 11 is 1.22. The van der Waals surface area contributed by atoms with Gasteiger partial charge in [-0.1, -0.05) is 11.8 Å². The molecule has 0 saturated carbocycles. The summed E-state index contributed by atoms with van der Waals surface area (Å²) in [6, 6.07) is 0. The number of hydrogen-bond donors (Lipinski definition) is 1. The number of aryl methyl sites for hydroxylation is 1. The monoisotopic (exact) mass is 199 g/mol. The molecular weight excluding hydrogens is 190 g/mol. The molecule has 1 heterocycles. The molecule has 1 aromatic rings. The summed E-state index contributed by atoms with van der Waals surface area (Å²) in [5, 5.41) is 18.1. The van der Waals surface area contributed by atoms with Crippen molar-refractivity contribution in [3.8, 4) is 0 Å². The van der Waals surface area contributed by atoms with Crippen LogP contribution in [0.4, 0.5) is 0 Å². The highest BCUT2D eigenvalue weighted by Gasteiger charge is 2.02. The smallest absolute Gasteiger partial charge is 0.328 e. The summed E-state index contributed by atoms with van der Waals surface area (Å²) in [7, 11) is 1.83. The summed E-state index contributed by atoms with van der Waals surface area (Å²) in [4.78, 5) is 10.1. The number of aromatic nitrogens is 3. The lowest BCUT2D eigenvalue weighted by atomic mass is 10.7. The molecular formula is C7H9N3O2S. The quantitative estimate of drug-likeness (QED) is 0.576. The summed E-state index contributed by atoms with van der Waals surface area (Å²) in [5.74, 6) is -0.169. The van der Waals surface area contributed by atoms with Gasteiger partial charge in [0.05, 0.1) is 0 Å². The molecule has 1 rings (SSSR count). The first kappa shape index (κ1) is 9.79. The number of nitrogens with zero attached hydrogens (tertiary/aromatic N) is 3. The Morgan fingerprint density at radius 3 is 2.77 bits per heavy atom. The molecule has 0 bridgehead atoms. The van der Waals surface area contributed by atoms with Gasteiger partial charge in [0.15, 0.2) is 5.16 Å². The maximum Gasteiger partial charge on any atom is 0.328 e. The minimum absolute atomic E-state index is 0.676. The minimum atomic E-state index is -0.966. The van der Waals surface area contributed by atoms with Crippen molar-refractivity contribution in [2.75, 3.05) is 0 Å². The number of hydrogen-bond acceptors (Lipinski definition) is 4. The molecule has 0 aliphatic rings. The van der Waals surface area contributed by atoms with Crippen molar-refractivity contribution in [2.45, 2.75) is 12.1 Å². The van der Waals surface area contributed by atoms with Crippen LogP contribution in [-0.2, 0) is 11.8 Å². The molecule has 0 fully saturated rings. The molecule has 0 saturated heterocycles. The average molecular weight is 199 g/mol. The van der Waals surface area contributed by atoms with Crippen LogP contribution in [0.3, 0.4) is 0 Å². The first-order valence-corrected chi connectivity index (χ1v) is 4.41. The Labute approximate surface area is 79.5 Å². The largest absolute Gasteiger partial charge is 0.478 e. The third kappa shape index (κ3) is 2.59. The molecule has 70 valence electrons. The molecule has 0 aromatic carbocycles. The van der Waals surface area contributed by atoms with Gasteiger partial charge in [-0.25, -0.2) is 4.79 Å². The third-order valence-corrected chi connectivity index (χ3v) is 2.28. The fraction of sp³-hybridized carbons (Fsp3) is 0.286. The second-order valence-electron chi connectivity index (χ2n) is 2.35. The van der Waals surface area contributed by atoms with E-state index in [9.17, 15) is 4.79 Å². The van der Waals surface area contributed by atoms with E-state index in [2.05, 4.69) is 10.2 Å². The average Bonchev–Trinajstić information content (AvgIpc) is 2.35. The van der Waals surface area contributed by atoms with Gasteiger partial charge in [0.25, 0.3) is 0 Å². The number of carbonyl (C=O) groups is 1. The molecule has 0 unspecified atom stereocenters. The van der Waals surface area contributed by atoms with Gasteiger partial charge in [0.2, 0.25) is 0 Å². The molecule has 13 heavy (non-hydrogen) atoms. The first-order chi connectivity index (χ1) is 6.11. The Balaban J connectivity index is 2.65. The van der Waals surface area contributed by atoms with Crippen LogP contribution < -0.4 is 0 Å². The maximum atomic E-state index is 10.1. The zero-order valence-corrected chi connectivity index (χ0v) is 8.08. The van der Waals surface area contributed by atoms with Crippen LogP contribution in [0.5, 0.6) is 0 Å². The molecule has 0 amide bonds. The van der Waals surface area contributed by atoms with E-state index in [1.807, 2.05) is 14.0 Å². The maximum absolute atomic E-state index is 10.1. The van der Waals surface area contributed by atoms with Crippen LogP contribution in [0, 0.1) is 6.92 Å². The Hall–Kier alpha value is -1.30. The van der Waals surface area contributed by atoms with Crippen LogP contribution in [0.2, 0.25) is 0 Å². The molecule has 1 N–H and O–H groups in total. The number of carboxylic acids is 1. The van der Waals surface area contributed by atoms with E-state index >= 15 is 0 Å². The van der Waals surface area contributed by atoms with Gasteiger partial charge in [-0.05, 0) is 12.3 Å². The number of aliphatic carboxylic acids is 1. The summed E-state index contributed by atoms with van der Waals surface area (Å²) in [6.07, 6.45) is 1.06. The third-order valence-electron chi connectivity index (χ3n) is 1.44. The highest BCUT2D eigenvalue weighted by atomic mass is 32.2. The van der Waals surface area contributed by atoms with E-state index in [1.54, 1.807) is 4.57 Å². The van der Waals surface area contributed by atoms with Crippen molar-refractivity contribution in [3.63, 3.8) is 0 Å². The molecule has 6 heteroatoms. The second kappa shape index (κ2) is 4.08. The number of carboxylic acid groups (broad SMARTS) is 1. The van der Waals surface area contributed by atoms with Gasteiger partial charge in [-0.15, -0.1) is 10.2 Å². The number of rotatable bonds is 3. The van der Waals surface area contributed by atoms with Gasteiger partial charge >= 0.3 is 5.97 Å². The Kier molecular flexibility index (Phi) is 3.07. The molecule has 1 aromatic heterocycles. The first-order valence-electron chi connectivity index (χ1n) is 3.53. The van der Waals surface area contributed by atoms with Crippen molar-refractivity contribution < 1.29 is 9.90 Å². The predicted molar refractivity (Wildman–Crippen MR) is 48.4 cm³/mol. The highest BCUT2D eigenvalue weighted by Crippen LogP contribution is 2.15. The lowest BCUT2D eigenvalue weighted by Gasteiger charge is -1.95. The summed E-state index contributed by atoms with van der Waals surface area (Å²) in [5.41, 5.74) is 0. The second-order valence-corrected chi connectivity index (χ2v) is 3.22. The number of thioether (sulfide) groups is 1. The van der Waals surface area contributed by atoms with E-state index in [1.165, 1.54) is 17.2 Å². The van der Waals surface area contributed by atoms with Gasteiger partial charge in [-0.3, -0.25) is 0 Å². The van der Waals surface area contributed by atoms with Crippen molar-refractivity contribution in [1.82, 2.24) is 14.8 Å². The van der Waals surface area contributed by atoms with Crippen molar-refractivity contribution in [1.29, 1.82) is 0 Å². The molecule has 0 aliphatic carbocycles. The van der Waals surface area contributed by atoms with E-state index in [0.29, 0.717) is 5.16 Å². The molecule has 0 aliphatic heterocycles. The van der Waals surface area contributed by atoms with Crippen LogP contribution in [0.25, 0.3) is 0 Å². The zero-order chi connectivity index (χ0) is 9.84. The Bertz CT molecular complexity index is 346. The Morgan fingerprint density at radius 1 is 1.62 bits per heavy atom. The molecule has 5 nitrogen and oxygen atoms in total. The van der Waals surface area contributed by atoms with Crippen LogP contribution >= 0.6 is 11.8 Å². The fourth-order valence-corrected chi connectivity index (χ4v) is 1.33. The zero-order valence-electron chi connectivity index (χ0n) is 7.26. The predicted octanol–water partition coefficient (Wildman–Crippen LogP) is 0.814. The lowest BCUT2D eigenvalue weighted by Crippen LogP contribution is -1.92. The molecule has 0 radical (unpaired) electrons. The van der Waals surface area contributed by atoms with E-state index in [0.717, 1.165) is 11.9 Å². The van der Waals surface area contributed by atoms with Crippen LogP contribution in [-0.4, -0.2) is 25.8 Å². The topological polar surface area (TPSA) is 68.0 Å². The van der Waals surface area contributed by atoms with Gasteiger partial charge in [0.1, 0.15) is 5.82 Å². The van der Waals surface area contributed by atoms with E-state index in [4.69, 9.17) is 5.11 Å². The van der Waals surface area contributed by atoms with E-state index < -0.39 is 5.97 Å². The Morgan fingerprint density at radius 2 is 2.31 bits per heavy atom. The molecule has 0 spiro atoms.